The highest BCUT2D eigenvalue weighted by molar-refractivity contribution is 5.19. The van der Waals surface area contributed by atoms with Gasteiger partial charge in [0.15, 0.2) is 6.29 Å². The minimum atomic E-state index is 0.0629. The summed E-state index contributed by atoms with van der Waals surface area (Å²) in [6, 6.07) is 10.9. The van der Waals surface area contributed by atoms with Crippen LogP contribution in [0.2, 0.25) is 0 Å². The van der Waals surface area contributed by atoms with Crippen molar-refractivity contribution in [1.29, 1.82) is 0 Å². The molecule has 2 nitrogen and oxygen atoms in total. The lowest BCUT2D eigenvalue weighted by Crippen LogP contribution is -2.37. The largest absolute Gasteiger partial charge is 0.352 e. The second-order valence-corrected chi connectivity index (χ2v) is 6.16. The average molecular weight is 260 g/mol. The van der Waals surface area contributed by atoms with E-state index in [-0.39, 0.29) is 6.29 Å². The molecule has 1 saturated heterocycles. The van der Waals surface area contributed by atoms with Crippen molar-refractivity contribution in [3.05, 3.63) is 35.9 Å². The standard InChI is InChI=1S/C17H24O2/c1-13-11-18-17(19-12-13)16-9-7-15(8-10-16)14-5-3-2-4-6-14/h2-6,13,15-17H,7-12H2,1H3. The van der Waals surface area contributed by atoms with Gasteiger partial charge in [0.2, 0.25) is 0 Å². The van der Waals surface area contributed by atoms with Gasteiger partial charge in [0, 0.05) is 11.8 Å². The van der Waals surface area contributed by atoms with Crippen LogP contribution >= 0.6 is 0 Å². The van der Waals surface area contributed by atoms with Gasteiger partial charge in [-0.2, -0.15) is 0 Å². The molecule has 1 aromatic rings. The van der Waals surface area contributed by atoms with Crippen LogP contribution in [-0.2, 0) is 9.47 Å². The zero-order valence-corrected chi connectivity index (χ0v) is 11.8. The minimum absolute atomic E-state index is 0.0629. The molecule has 1 saturated carbocycles. The monoisotopic (exact) mass is 260 g/mol. The minimum Gasteiger partial charge on any atom is -0.352 e. The van der Waals surface area contributed by atoms with E-state index < -0.39 is 0 Å². The van der Waals surface area contributed by atoms with Gasteiger partial charge in [-0.1, -0.05) is 37.3 Å². The van der Waals surface area contributed by atoms with E-state index in [1.807, 2.05) is 0 Å². The van der Waals surface area contributed by atoms with Crippen LogP contribution < -0.4 is 0 Å². The lowest BCUT2D eigenvalue weighted by Gasteiger charge is -2.37. The first-order chi connectivity index (χ1) is 9.33. The van der Waals surface area contributed by atoms with Gasteiger partial charge in [-0.15, -0.1) is 0 Å². The molecule has 1 aliphatic heterocycles. The van der Waals surface area contributed by atoms with E-state index in [4.69, 9.17) is 9.47 Å². The third-order valence-electron chi connectivity index (χ3n) is 4.52. The molecule has 0 N–H and O–H groups in total. The average Bonchev–Trinajstić information content (AvgIpc) is 2.49. The molecule has 0 unspecified atom stereocenters. The van der Waals surface area contributed by atoms with E-state index >= 15 is 0 Å². The summed E-state index contributed by atoms with van der Waals surface area (Å²) in [5.41, 5.74) is 1.50. The van der Waals surface area contributed by atoms with Crippen LogP contribution in [0.5, 0.6) is 0 Å². The first-order valence-corrected chi connectivity index (χ1v) is 7.61. The third kappa shape index (κ3) is 3.18. The summed E-state index contributed by atoms with van der Waals surface area (Å²) in [6.07, 6.45) is 5.07. The molecule has 104 valence electrons. The maximum Gasteiger partial charge on any atom is 0.160 e. The Hall–Kier alpha value is -0.860. The van der Waals surface area contributed by atoms with Gasteiger partial charge in [0.05, 0.1) is 13.2 Å². The normalized spacial score (nSPS) is 36.1. The SMILES string of the molecule is CC1COC(C2CCC(c3ccccc3)CC2)OC1. The molecule has 0 bridgehead atoms. The maximum atomic E-state index is 5.85. The van der Waals surface area contributed by atoms with Gasteiger partial charge < -0.3 is 9.47 Å². The first-order valence-electron chi connectivity index (χ1n) is 7.61. The zero-order chi connectivity index (χ0) is 13.1. The highest BCUT2D eigenvalue weighted by atomic mass is 16.7. The van der Waals surface area contributed by atoms with Gasteiger partial charge in [-0.3, -0.25) is 0 Å². The molecule has 3 rings (SSSR count). The Kier molecular flexibility index (Phi) is 4.19. The number of benzene rings is 1. The van der Waals surface area contributed by atoms with Gasteiger partial charge in [-0.25, -0.2) is 0 Å². The van der Waals surface area contributed by atoms with Crippen LogP contribution in [0.15, 0.2) is 30.3 Å². The third-order valence-corrected chi connectivity index (χ3v) is 4.52. The fourth-order valence-corrected chi connectivity index (χ4v) is 3.34. The van der Waals surface area contributed by atoms with Crippen LogP contribution in [0.25, 0.3) is 0 Å². The maximum absolute atomic E-state index is 5.85. The molecular weight excluding hydrogens is 236 g/mol. The molecule has 2 aliphatic rings. The Morgan fingerprint density at radius 2 is 1.53 bits per heavy atom. The van der Waals surface area contributed by atoms with E-state index in [0.717, 1.165) is 19.1 Å². The second-order valence-electron chi connectivity index (χ2n) is 6.16. The molecule has 1 aromatic carbocycles. The Balaban J connectivity index is 1.52. The molecule has 2 fully saturated rings. The van der Waals surface area contributed by atoms with Gasteiger partial charge in [-0.05, 0) is 37.2 Å². The van der Waals surface area contributed by atoms with Crippen molar-refractivity contribution in [1.82, 2.24) is 0 Å². The van der Waals surface area contributed by atoms with Crippen molar-refractivity contribution in [2.24, 2.45) is 11.8 Å². The van der Waals surface area contributed by atoms with Crippen LogP contribution in [-0.4, -0.2) is 19.5 Å². The molecule has 0 radical (unpaired) electrons. The quantitative estimate of drug-likeness (QED) is 0.801. The van der Waals surface area contributed by atoms with Crippen molar-refractivity contribution in [2.75, 3.05) is 13.2 Å². The predicted molar refractivity (Wildman–Crippen MR) is 76.0 cm³/mol. The van der Waals surface area contributed by atoms with Crippen molar-refractivity contribution >= 4 is 0 Å². The second kappa shape index (κ2) is 6.06. The summed E-state index contributed by atoms with van der Waals surface area (Å²) < 4.78 is 11.7. The predicted octanol–water partition coefficient (Wildman–Crippen LogP) is 3.97. The molecule has 0 spiro atoms. The first kappa shape index (κ1) is 13.1. The number of ether oxygens (including phenoxy) is 2. The Morgan fingerprint density at radius 1 is 0.895 bits per heavy atom. The molecule has 1 heterocycles. The summed E-state index contributed by atoms with van der Waals surface area (Å²) in [6.45, 7) is 3.91. The fraction of sp³-hybridized carbons (Fsp3) is 0.647. The van der Waals surface area contributed by atoms with Gasteiger partial charge in [0.25, 0.3) is 0 Å². The van der Waals surface area contributed by atoms with E-state index in [9.17, 15) is 0 Å². The Bertz CT molecular complexity index is 374. The highest BCUT2D eigenvalue weighted by Gasteiger charge is 2.31. The molecule has 0 amide bonds. The summed E-state index contributed by atoms with van der Waals surface area (Å²) in [4.78, 5) is 0. The summed E-state index contributed by atoms with van der Waals surface area (Å²) >= 11 is 0. The smallest absolute Gasteiger partial charge is 0.160 e. The van der Waals surface area contributed by atoms with Gasteiger partial charge in [0.1, 0.15) is 0 Å². The van der Waals surface area contributed by atoms with Crippen molar-refractivity contribution in [3.63, 3.8) is 0 Å². The summed E-state index contributed by atoms with van der Waals surface area (Å²) in [5, 5.41) is 0. The van der Waals surface area contributed by atoms with Crippen LogP contribution in [0.4, 0.5) is 0 Å². The van der Waals surface area contributed by atoms with Crippen molar-refractivity contribution in [3.8, 4) is 0 Å². The number of hydrogen-bond acceptors (Lipinski definition) is 2. The molecule has 19 heavy (non-hydrogen) atoms. The highest BCUT2D eigenvalue weighted by Crippen LogP contribution is 2.38. The molecule has 0 atom stereocenters. The van der Waals surface area contributed by atoms with E-state index in [1.54, 1.807) is 0 Å². The molecule has 0 aromatic heterocycles. The fourth-order valence-electron chi connectivity index (χ4n) is 3.34. The van der Waals surface area contributed by atoms with E-state index in [2.05, 4.69) is 37.3 Å². The van der Waals surface area contributed by atoms with Crippen LogP contribution in [0.3, 0.4) is 0 Å². The number of rotatable bonds is 2. The summed E-state index contributed by atoms with van der Waals surface area (Å²) in [7, 11) is 0. The van der Waals surface area contributed by atoms with E-state index in [0.29, 0.717) is 11.8 Å². The van der Waals surface area contributed by atoms with Gasteiger partial charge >= 0.3 is 0 Å². The van der Waals surface area contributed by atoms with Crippen LogP contribution in [0, 0.1) is 11.8 Å². The Morgan fingerprint density at radius 3 is 2.16 bits per heavy atom. The molecule has 2 heteroatoms. The zero-order valence-electron chi connectivity index (χ0n) is 11.8. The van der Waals surface area contributed by atoms with Crippen LogP contribution in [0.1, 0.15) is 44.1 Å². The molecular formula is C17H24O2. The van der Waals surface area contributed by atoms with E-state index in [1.165, 1.54) is 31.2 Å². The lowest BCUT2D eigenvalue weighted by molar-refractivity contribution is -0.226. The lowest BCUT2D eigenvalue weighted by atomic mass is 9.78. The van der Waals surface area contributed by atoms with Crippen molar-refractivity contribution < 1.29 is 9.47 Å². The van der Waals surface area contributed by atoms with Crippen molar-refractivity contribution in [2.45, 2.75) is 44.8 Å². The number of hydrogen-bond donors (Lipinski definition) is 0. The summed E-state index contributed by atoms with van der Waals surface area (Å²) in [5.74, 6) is 1.89. The topological polar surface area (TPSA) is 18.5 Å². The Labute approximate surface area is 116 Å². The molecule has 1 aliphatic carbocycles.